The highest BCUT2D eigenvalue weighted by atomic mass is 35.5. The minimum Gasteiger partial charge on any atom is -0.393 e. The van der Waals surface area contributed by atoms with E-state index in [-0.39, 0.29) is 5.41 Å². The van der Waals surface area contributed by atoms with Gasteiger partial charge in [-0.25, -0.2) is 9.97 Å². The van der Waals surface area contributed by atoms with E-state index in [4.69, 9.17) is 27.3 Å². The largest absolute Gasteiger partial charge is 0.393 e. The smallest absolute Gasteiger partial charge is 0.157 e. The van der Waals surface area contributed by atoms with Crippen molar-refractivity contribution in [1.29, 1.82) is 0 Å². The Morgan fingerprint density at radius 1 is 1.31 bits per heavy atom. The topological polar surface area (TPSA) is 67.1 Å². The molecule has 2 aromatic rings. The van der Waals surface area contributed by atoms with Gasteiger partial charge < -0.3 is 16.0 Å². The van der Waals surface area contributed by atoms with Gasteiger partial charge in [-0.1, -0.05) is 50.6 Å². The number of thiol groups is 1. The van der Waals surface area contributed by atoms with Crippen molar-refractivity contribution in [1.82, 2.24) is 9.97 Å². The second kappa shape index (κ2) is 7.53. The van der Waals surface area contributed by atoms with Gasteiger partial charge in [-0.15, -0.1) is 0 Å². The zero-order chi connectivity index (χ0) is 18.9. The summed E-state index contributed by atoms with van der Waals surface area (Å²) in [6.45, 7) is 8.61. The first kappa shape index (κ1) is 19.1. The van der Waals surface area contributed by atoms with Crippen LogP contribution in [0.15, 0.2) is 24.3 Å². The molecule has 3 rings (SSSR count). The maximum atomic E-state index is 6.44. The Morgan fingerprint density at radius 3 is 2.65 bits per heavy atom. The van der Waals surface area contributed by atoms with Gasteiger partial charge in [0.05, 0.1) is 0 Å². The molecule has 3 N–H and O–H groups in total. The third-order valence-electron chi connectivity index (χ3n) is 4.46. The van der Waals surface area contributed by atoms with Crippen LogP contribution in [-0.2, 0) is 12.0 Å². The number of nitrogens with zero attached hydrogens (tertiary/aromatic N) is 3. The minimum absolute atomic E-state index is 0.177. The first-order valence-corrected chi connectivity index (χ1v) is 9.73. The van der Waals surface area contributed by atoms with Crippen molar-refractivity contribution in [2.45, 2.75) is 44.4 Å². The Balaban J connectivity index is 1.94. The number of aromatic nitrogens is 2. The average Bonchev–Trinajstić information content (AvgIpc) is 3.00. The number of rotatable bonds is 4. The lowest BCUT2D eigenvalue weighted by atomic mass is 9.95. The predicted molar refractivity (Wildman–Crippen MR) is 114 cm³/mol. The summed E-state index contributed by atoms with van der Waals surface area (Å²) < 4.78 is 0. The Hall–Kier alpha value is -1.66. The maximum absolute atomic E-state index is 6.44. The van der Waals surface area contributed by atoms with Gasteiger partial charge >= 0.3 is 0 Å². The molecule has 1 unspecified atom stereocenters. The fourth-order valence-electron chi connectivity index (χ4n) is 2.92. The number of hydrogen-bond acceptors (Lipinski definition) is 6. The molecule has 7 heteroatoms. The molecule has 2 heterocycles. The van der Waals surface area contributed by atoms with Crippen molar-refractivity contribution in [3.63, 3.8) is 0 Å². The molecule has 26 heavy (non-hydrogen) atoms. The van der Waals surface area contributed by atoms with Gasteiger partial charge in [0, 0.05) is 35.3 Å². The Bertz CT molecular complexity index is 790. The van der Waals surface area contributed by atoms with Crippen molar-refractivity contribution >= 4 is 41.6 Å². The summed E-state index contributed by atoms with van der Waals surface area (Å²) in [4.78, 5) is 11.7. The van der Waals surface area contributed by atoms with E-state index in [2.05, 4.69) is 43.6 Å². The lowest BCUT2D eigenvalue weighted by Gasteiger charge is -2.25. The minimum atomic E-state index is -0.177. The highest BCUT2D eigenvalue weighted by Gasteiger charge is 2.27. The monoisotopic (exact) mass is 391 g/mol. The highest BCUT2D eigenvalue weighted by Crippen LogP contribution is 2.34. The van der Waals surface area contributed by atoms with Gasteiger partial charge in [0.25, 0.3) is 0 Å². The van der Waals surface area contributed by atoms with Gasteiger partial charge in [0.2, 0.25) is 0 Å². The van der Waals surface area contributed by atoms with Crippen molar-refractivity contribution in [2.24, 2.45) is 0 Å². The van der Waals surface area contributed by atoms with E-state index in [1.807, 2.05) is 24.3 Å². The lowest BCUT2D eigenvalue weighted by Crippen LogP contribution is -2.26. The van der Waals surface area contributed by atoms with Crippen LogP contribution in [0.2, 0.25) is 5.02 Å². The number of benzene rings is 1. The SMILES string of the molecule is CC(C)(C)c1nc(NCc2ccccc2Cl)c(N)c(N2CCC(S)C2)n1. The van der Waals surface area contributed by atoms with Crippen LogP contribution in [-0.4, -0.2) is 28.3 Å². The van der Waals surface area contributed by atoms with Crippen LogP contribution in [0, 0.1) is 0 Å². The number of nitrogen functional groups attached to an aromatic ring is 1. The van der Waals surface area contributed by atoms with Crippen LogP contribution in [0.1, 0.15) is 38.6 Å². The molecule has 1 aromatic carbocycles. The van der Waals surface area contributed by atoms with Crippen LogP contribution >= 0.6 is 24.2 Å². The molecule has 0 amide bonds. The summed E-state index contributed by atoms with van der Waals surface area (Å²) in [7, 11) is 0. The molecule has 1 fully saturated rings. The van der Waals surface area contributed by atoms with Crippen molar-refractivity contribution < 1.29 is 0 Å². The molecule has 5 nitrogen and oxygen atoms in total. The molecule has 0 saturated carbocycles. The molecule has 0 spiro atoms. The van der Waals surface area contributed by atoms with E-state index in [9.17, 15) is 0 Å². The summed E-state index contributed by atoms with van der Waals surface area (Å²) in [6, 6.07) is 7.76. The zero-order valence-electron chi connectivity index (χ0n) is 15.5. The summed E-state index contributed by atoms with van der Waals surface area (Å²) >= 11 is 10.9. The molecule has 1 saturated heterocycles. The van der Waals surface area contributed by atoms with Gasteiger partial charge in [0.15, 0.2) is 11.6 Å². The third-order valence-corrected chi connectivity index (χ3v) is 5.25. The quantitative estimate of drug-likeness (QED) is 0.684. The number of nitrogens with one attached hydrogen (secondary N) is 1. The average molecular weight is 392 g/mol. The van der Waals surface area contributed by atoms with Crippen molar-refractivity contribution in [3.05, 3.63) is 40.7 Å². The summed E-state index contributed by atoms with van der Waals surface area (Å²) in [5.41, 5.74) is 7.84. The van der Waals surface area contributed by atoms with E-state index in [1.165, 1.54) is 0 Å². The number of hydrogen-bond donors (Lipinski definition) is 3. The summed E-state index contributed by atoms with van der Waals surface area (Å²) in [5, 5.41) is 4.42. The number of halogens is 1. The first-order valence-electron chi connectivity index (χ1n) is 8.84. The molecule has 0 aliphatic carbocycles. The Kier molecular flexibility index (Phi) is 5.53. The maximum Gasteiger partial charge on any atom is 0.157 e. The van der Waals surface area contributed by atoms with E-state index in [0.717, 1.165) is 41.7 Å². The number of anilines is 3. The van der Waals surface area contributed by atoms with Crippen LogP contribution in [0.4, 0.5) is 17.3 Å². The molecule has 0 bridgehead atoms. The van der Waals surface area contributed by atoms with E-state index in [1.54, 1.807) is 0 Å². The second-order valence-corrected chi connectivity index (χ2v) is 8.85. The Morgan fingerprint density at radius 2 is 2.04 bits per heavy atom. The number of nitrogens with two attached hydrogens (primary N) is 1. The van der Waals surface area contributed by atoms with Crippen LogP contribution < -0.4 is 16.0 Å². The second-order valence-electron chi connectivity index (χ2n) is 7.72. The summed E-state index contributed by atoms with van der Waals surface area (Å²) in [6.07, 6.45) is 1.03. The molecule has 1 atom stereocenters. The van der Waals surface area contributed by atoms with E-state index < -0.39 is 0 Å². The fourth-order valence-corrected chi connectivity index (χ4v) is 3.44. The molecular formula is C19H26ClN5S. The van der Waals surface area contributed by atoms with Gasteiger partial charge in [-0.05, 0) is 18.1 Å². The zero-order valence-corrected chi connectivity index (χ0v) is 17.1. The normalized spacial score (nSPS) is 17.6. The fraction of sp³-hybridized carbons (Fsp3) is 0.474. The highest BCUT2D eigenvalue weighted by molar-refractivity contribution is 7.81. The standard InChI is InChI=1S/C19H26ClN5S/c1-19(2,3)18-23-16(22-10-12-6-4-5-7-14(12)20)15(21)17(24-18)25-9-8-13(26)11-25/h4-7,13,26H,8-11,21H2,1-3H3,(H,22,23,24). The molecule has 0 radical (unpaired) electrons. The van der Waals surface area contributed by atoms with Gasteiger partial charge in [-0.2, -0.15) is 12.6 Å². The predicted octanol–water partition coefficient (Wildman–Crippen LogP) is 4.13. The van der Waals surface area contributed by atoms with Gasteiger partial charge in [-0.3, -0.25) is 0 Å². The molecule has 1 aliphatic heterocycles. The van der Waals surface area contributed by atoms with Crippen LogP contribution in [0.5, 0.6) is 0 Å². The van der Waals surface area contributed by atoms with Crippen LogP contribution in [0.25, 0.3) is 0 Å². The van der Waals surface area contributed by atoms with E-state index in [0.29, 0.717) is 23.3 Å². The van der Waals surface area contributed by atoms with Crippen LogP contribution in [0.3, 0.4) is 0 Å². The first-order chi connectivity index (χ1) is 12.3. The third kappa shape index (κ3) is 4.18. The van der Waals surface area contributed by atoms with Crippen molar-refractivity contribution in [2.75, 3.05) is 29.0 Å². The molecule has 1 aromatic heterocycles. The Labute approximate surface area is 165 Å². The molecule has 1 aliphatic rings. The molecular weight excluding hydrogens is 366 g/mol. The van der Waals surface area contributed by atoms with Crippen molar-refractivity contribution in [3.8, 4) is 0 Å². The lowest BCUT2D eigenvalue weighted by molar-refractivity contribution is 0.545. The van der Waals surface area contributed by atoms with E-state index >= 15 is 0 Å². The van der Waals surface area contributed by atoms with Gasteiger partial charge in [0.1, 0.15) is 11.5 Å². The molecule has 140 valence electrons. The summed E-state index contributed by atoms with van der Waals surface area (Å²) in [5.74, 6) is 2.22.